The van der Waals surface area contributed by atoms with Gasteiger partial charge in [0.15, 0.2) is 0 Å². The van der Waals surface area contributed by atoms with Gasteiger partial charge in [-0.1, -0.05) is 0 Å². The third-order valence-corrected chi connectivity index (χ3v) is 12.8. The van der Waals surface area contributed by atoms with Crippen LogP contribution in [0.15, 0.2) is 82.3 Å². The Morgan fingerprint density at radius 1 is 0.744 bits per heavy atom. The molecule has 0 unspecified atom stereocenters. The number of allylic oxidation sites excluding steroid dienone is 2. The van der Waals surface area contributed by atoms with Crippen LogP contribution >= 0.6 is 0 Å². The summed E-state index contributed by atoms with van der Waals surface area (Å²) in [5, 5.41) is 0. The van der Waals surface area contributed by atoms with E-state index in [0.717, 1.165) is 28.3 Å². The Balaban J connectivity index is 2.17. The van der Waals surface area contributed by atoms with Crippen LogP contribution in [-0.2, 0) is 13.1 Å². The van der Waals surface area contributed by atoms with Crippen molar-refractivity contribution in [3.8, 4) is 0 Å². The third kappa shape index (κ3) is 8.75. The van der Waals surface area contributed by atoms with E-state index in [1.54, 1.807) is 24.3 Å². The number of para-hydroxylation sites is 2. The van der Waals surface area contributed by atoms with Crippen molar-refractivity contribution in [2.45, 2.75) is 105 Å². The van der Waals surface area contributed by atoms with Crippen molar-refractivity contribution < 1.29 is 11.4 Å². The van der Waals surface area contributed by atoms with Gasteiger partial charge in [-0.05, 0) is 0 Å². The molecular weight excluding hydrogens is 610 g/mol. The Kier molecular flexibility index (Phi) is 12.1. The van der Waals surface area contributed by atoms with Crippen LogP contribution in [-0.4, -0.2) is 32.1 Å². The van der Waals surface area contributed by atoms with Gasteiger partial charge in [0.05, 0.1) is 0 Å². The van der Waals surface area contributed by atoms with Crippen LogP contribution in [0.5, 0.6) is 0 Å². The summed E-state index contributed by atoms with van der Waals surface area (Å²) < 4.78 is 34.8. The van der Waals surface area contributed by atoms with Gasteiger partial charge in [0.1, 0.15) is 0 Å². The first-order valence-corrected chi connectivity index (χ1v) is 18.7. The van der Waals surface area contributed by atoms with Crippen molar-refractivity contribution in [1.29, 1.82) is 0 Å². The first-order valence-electron chi connectivity index (χ1n) is 15.3. The second-order valence-electron chi connectivity index (χ2n) is 12.6. The van der Waals surface area contributed by atoms with Crippen molar-refractivity contribution in [2.75, 3.05) is 3.61 Å². The quantitative estimate of drug-likeness (QED) is 0.144. The van der Waals surface area contributed by atoms with Crippen LogP contribution in [0.3, 0.4) is 0 Å². The van der Waals surface area contributed by atoms with Gasteiger partial charge in [0.2, 0.25) is 0 Å². The summed E-state index contributed by atoms with van der Waals surface area (Å²) in [5.41, 5.74) is 9.67. The summed E-state index contributed by atoms with van der Waals surface area (Å²) in [6, 6.07) is 19.7. The van der Waals surface area contributed by atoms with E-state index < -0.39 is 28.1 Å². The molecule has 0 saturated heterocycles. The summed E-state index contributed by atoms with van der Waals surface area (Å²) in [5.74, 6) is 1.17. The first-order chi connectivity index (χ1) is 20.1. The molecule has 229 valence electrons. The molecule has 3 aromatic carbocycles. The Morgan fingerprint density at radius 3 is 1.63 bits per heavy atom. The summed E-state index contributed by atoms with van der Waals surface area (Å²) in [4.78, 5) is 5.35. The number of hydrogen-bond donors (Lipinski definition) is 0. The predicted octanol–water partition coefficient (Wildman–Crippen LogP) is 9.93. The van der Waals surface area contributed by atoms with Crippen LogP contribution in [0.25, 0.3) is 0 Å². The molecule has 0 bridgehead atoms. The average Bonchev–Trinajstić information content (AvgIpc) is 2.92. The fourth-order valence-electron chi connectivity index (χ4n) is 5.18. The van der Waals surface area contributed by atoms with E-state index in [-0.39, 0.29) is 16.7 Å². The summed E-state index contributed by atoms with van der Waals surface area (Å²) >= 11 is -2.03. The second-order valence-corrected chi connectivity index (χ2v) is 16.9. The molecule has 0 heterocycles. The number of rotatable bonds is 12. The van der Waals surface area contributed by atoms with Gasteiger partial charge in [0.25, 0.3) is 0 Å². The zero-order valence-electron chi connectivity index (χ0n) is 27.8. The van der Waals surface area contributed by atoms with E-state index in [0.29, 0.717) is 11.8 Å². The van der Waals surface area contributed by atoms with Gasteiger partial charge >= 0.3 is 270 Å². The SMILES string of the molecule is CC(/C=C(\C)[N]([Ga][O]S(=O)(=O)c1ccc(C)cc1)c1c(C(C)C)cccc1C(C)C)=Nc1c(C(C)C)cccc1C(C)C. The molecule has 0 fully saturated rings. The van der Waals surface area contributed by atoms with Gasteiger partial charge in [-0.3, -0.25) is 0 Å². The van der Waals surface area contributed by atoms with E-state index in [9.17, 15) is 8.42 Å². The van der Waals surface area contributed by atoms with E-state index in [2.05, 4.69) is 101 Å². The van der Waals surface area contributed by atoms with Gasteiger partial charge < -0.3 is 0 Å². The Morgan fingerprint density at radius 2 is 1.19 bits per heavy atom. The molecule has 7 heteroatoms. The zero-order valence-corrected chi connectivity index (χ0v) is 31.0. The predicted molar refractivity (Wildman–Crippen MR) is 183 cm³/mol. The maximum absolute atomic E-state index is 13.4. The molecule has 0 amide bonds. The number of aliphatic imine (C=N–C) groups is 1. The van der Waals surface area contributed by atoms with Crippen LogP contribution in [0.2, 0.25) is 0 Å². The molecule has 0 spiro atoms. The molecular formula is C36H48GaN2O3S. The standard InChI is InChI=1S/C29H41N2.C7H8O3S.Ga/c1-18(2)24-13-11-14-25(19(3)4)28(24)30-22(9)17-23(10)31-29-26(20(5)6)15-12-16-27(29)21(7)8;1-6-2-4-7(5-3-6)11(8,9)10;/h11-21H,1-10H3;2-5H,1H3,(H,8,9,10);/q-1;;+2/p-1/b22-17+,31-23?;;. The van der Waals surface area contributed by atoms with Gasteiger partial charge in [-0.25, -0.2) is 0 Å². The van der Waals surface area contributed by atoms with Crippen LogP contribution in [0, 0.1) is 6.92 Å². The minimum atomic E-state index is -3.92. The van der Waals surface area contributed by atoms with Crippen LogP contribution in [0.1, 0.15) is 121 Å². The number of anilines is 1. The molecule has 0 aliphatic rings. The van der Waals surface area contributed by atoms with E-state index in [1.165, 1.54) is 22.3 Å². The van der Waals surface area contributed by atoms with Crippen molar-refractivity contribution >= 4 is 45.2 Å². The van der Waals surface area contributed by atoms with Gasteiger partial charge in [-0.15, -0.1) is 0 Å². The average molecular weight is 659 g/mol. The summed E-state index contributed by atoms with van der Waals surface area (Å²) in [6.07, 6.45) is 2.07. The van der Waals surface area contributed by atoms with Gasteiger partial charge in [0, 0.05) is 0 Å². The molecule has 0 aliphatic carbocycles. The normalized spacial score (nSPS) is 13.0. The Hall–Kier alpha value is -2.58. The zero-order chi connectivity index (χ0) is 32.1. The third-order valence-electron chi connectivity index (χ3n) is 7.60. The molecule has 0 aromatic heterocycles. The fourth-order valence-corrected chi connectivity index (χ4v) is 9.27. The fraction of sp³-hybridized carbons (Fsp3) is 0.417. The van der Waals surface area contributed by atoms with E-state index in [4.69, 9.17) is 7.97 Å². The molecule has 43 heavy (non-hydrogen) atoms. The van der Waals surface area contributed by atoms with Crippen LogP contribution < -0.4 is 3.61 Å². The monoisotopic (exact) mass is 657 g/mol. The second kappa shape index (κ2) is 14.9. The Bertz CT molecular complexity index is 1520. The van der Waals surface area contributed by atoms with Gasteiger partial charge in [-0.2, -0.15) is 0 Å². The number of nitrogens with zero attached hydrogens (tertiary/aromatic N) is 2. The Labute approximate surface area is 269 Å². The topological polar surface area (TPSA) is 59.0 Å². The minimum absolute atomic E-state index is 0.183. The summed E-state index contributed by atoms with van der Waals surface area (Å²) in [7, 11) is -3.92. The number of benzene rings is 3. The van der Waals surface area contributed by atoms with Crippen molar-refractivity contribution in [2.24, 2.45) is 4.99 Å². The molecule has 0 aliphatic heterocycles. The molecule has 3 rings (SSSR count). The summed E-state index contributed by atoms with van der Waals surface area (Å²) in [6.45, 7) is 23.5. The van der Waals surface area contributed by atoms with Crippen molar-refractivity contribution in [3.05, 3.63) is 100 Å². The number of hydrogen-bond acceptors (Lipinski definition) is 5. The molecule has 0 saturated carbocycles. The molecule has 5 nitrogen and oxygen atoms in total. The van der Waals surface area contributed by atoms with Crippen molar-refractivity contribution in [1.82, 2.24) is 0 Å². The van der Waals surface area contributed by atoms with Crippen LogP contribution in [0.4, 0.5) is 11.4 Å². The maximum atomic E-state index is 13.4. The van der Waals surface area contributed by atoms with Crippen molar-refractivity contribution in [3.63, 3.8) is 0 Å². The first kappa shape index (κ1) is 34.9. The van der Waals surface area contributed by atoms with E-state index in [1.807, 2.05) is 20.8 Å². The molecule has 0 N–H and O–H groups in total. The molecule has 1 radical (unpaired) electrons. The van der Waals surface area contributed by atoms with E-state index >= 15 is 0 Å². The molecule has 0 atom stereocenters. The number of aryl methyl sites for hydroxylation is 1. The molecule has 3 aromatic rings.